The maximum absolute atomic E-state index is 9.17. The van der Waals surface area contributed by atoms with Crippen molar-refractivity contribution in [1.29, 1.82) is 0 Å². The van der Waals surface area contributed by atoms with Gasteiger partial charge >= 0.3 is 0 Å². The van der Waals surface area contributed by atoms with E-state index in [0.717, 1.165) is 24.2 Å². The molecule has 1 aromatic heterocycles. The molecule has 0 atom stereocenters. The summed E-state index contributed by atoms with van der Waals surface area (Å²) in [6.07, 6.45) is 0.207. The van der Waals surface area contributed by atoms with Crippen molar-refractivity contribution in [3.8, 4) is 0 Å². The van der Waals surface area contributed by atoms with E-state index < -0.39 is 0 Å². The molecule has 2 heterocycles. The van der Waals surface area contributed by atoms with Gasteiger partial charge in [-0.1, -0.05) is 36.4 Å². The second-order valence-corrected chi connectivity index (χ2v) is 5.78. The highest BCUT2D eigenvalue weighted by Gasteiger charge is 2.31. The highest BCUT2D eigenvalue weighted by atomic mass is 16.5. The van der Waals surface area contributed by atoms with Crippen LogP contribution in [-0.4, -0.2) is 29.3 Å². The molecule has 0 spiro atoms. The van der Waals surface area contributed by atoms with Gasteiger partial charge in [-0.15, -0.1) is 0 Å². The van der Waals surface area contributed by atoms with Crippen LogP contribution < -0.4 is 4.90 Å². The average Bonchev–Trinajstić information content (AvgIpc) is 2.96. The molecule has 3 aromatic rings. The lowest BCUT2D eigenvalue weighted by Gasteiger charge is -2.37. The molecule has 0 amide bonds. The van der Waals surface area contributed by atoms with Crippen LogP contribution in [0, 0.1) is 0 Å². The topological polar surface area (TPSA) is 58.7 Å². The number of aromatic nitrogens is 1. The molecule has 1 saturated heterocycles. The smallest absolute Gasteiger partial charge is 0.298 e. The maximum atomic E-state index is 9.17. The predicted octanol–water partition coefficient (Wildman–Crippen LogP) is 2.73. The van der Waals surface area contributed by atoms with Gasteiger partial charge in [0.1, 0.15) is 5.52 Å². The van der Waals surface area contributed by atoms with Crippen molar-refractivity contribution in [3.63, 3.8) is 0 Å². The van der Waals surface area contributed by atoms with Crippen LogP contribution in [0.1, 0.15) is 11.1 Å². The van der Waals surface area contributed by atoms with Gasteiger partial charge in [-0.25, -0.2) is 0 Å². The summed E-state index contributed by atoms with van der Waals surface area (Å²) in [5.74, 6) is 0. The molecule has 5 heteroatoms. The Morgan fingerprint density at radius 3 is 2.74 bits per heavy atom. The van der Waals surface area contributed by atoms with Gasteiger partial charge in [-0.2, -0.15) is 4.98 Å². The molecule has 0 bridgehead atoms. The first kappa shape index (κ1) is 14.2. The lowest BCUT2D eigenvalue weighted by molar-refractivity contribution is 0.0205. The molecule has 1 fully saturated rings. The SMILES string of the molecule is OCc1ccc2nc(N3CC(OCc4ccccc4)C3)oc2c1. The second-order valence-electron chi connectivity index (χ2n) is 5.78. The molecule has 1 aliphatic rings. The normalized spacial score (nSPS) is 15.1. The number of hydrogen-bond donors (Lipinski definition) is 1. The van der Waals surface area contributed by atoms with Gasteiger partial charge in [0.15, 0.2) is 5.58 Å². The fourth-order valence-electron chi connectivity index (χ4n) is 2.68. The number of nitrogens with zero attached hydrogens (tertiary/aromatic N) is 2. The van der Waals surface area contributed by atoms with E-state index >= 15 is 0 Å². The second kappa shape index (κ2) is 6.02. The molecule has 4 rings (SSSR count). The summed E-state index contributed by atoms with van der Waals surface area (Å²) in [5, 5.41) is 9.17. The summed E-state index contributed by atoms with van der Waals surface area (Å²) in [5.41, 5.74) is 3.53. The summed E-state index contributed by atoms with van der Waals surface area (Å²) < 4.78 is 11.7. The Bertz CT molecular complexity index is 794. The van der Waals surface area contributed by atoms with E-state index in [4.69, 9.17) is 14.3 Å². The van der Waals surface area contributed by atoms with Crippen molar-refractivity contribution in [2.45, 2.75) is 19.3 Å². The van der Waals surface area contributed by atoms with Crippen LogP contribution in [0.3, 0.4) is 0 Å². The Morgan fingerprint density at radius 1 is 1.13 bits per heavy atom. The van der Waals surface area contributed by atoms with Gasteiger partial charge in [0.25, 0.3) is 6.01 Å². The quantitative estimate of drug-likeness (QED) is 0.785. The molecule has 0 unspecified atom stereocenters. The largest absolute Gasteiger partial charge is 0.423 e. The van der Waals surface area contributed by atoms with Crippen LogP contribution in [0.2, 0.25) is 0 Å². The molecular formula is C18H18N2O3. The van der Waals surface area contributed by atoms with Gasteiger partial charge in [-0.05, 0) is 23.3 Å². The molecule has 5 nitrogen and oxygen atoms in total. The van der Waals surface area contributed by atoms with Gasteiger partial charge in [0.05, 0.1) is 32.4 Å². The van der Waals surface area contributed by atoms with Crippen molar-refractivity contribution < 1.29 is 14.3 Å². The van der Waals surface area contributed by atoms with E-state index in [1.54, 1.807) is 0 Å². The maximum Gasteiger partial charge on any atom is 0.298 e. The van der Waals surface area contributed by atoms with Crippen LogP contribution in [0.4, 0.5) is 6.01 Å². The highest BCUT2D eigenvalue weighted by molar-refractivity contribution is 5.75. The van der Waals surface area contributed by atoms with E-state index in [1.807, 2.05) is 36.4 Å². The summed E-state index contributed by atoms with van der Waals surface area (Å²) in [6, 6.07) is 16.4. The van der Waals surface area contributed by atoms with Crippen LogP contribution in [0.25, 0.3) is 11.1 Å². The lowest BCUT2D eigenvalue weighted by atomic mass is 10.2. The number of oxazole rings is 1. The summed E-state index contributed by atoms with van der Waals surface area (Å²) in [7, 11) is 0. The Morgan fingerprint density at radius 2 is 1.96 bits per heavy atom. The third-order valence-electron chi connectivity index (χ3n) is 4.07. The zero-order valence-corrected chi connectivity index (χ0v) is 12.7. The molecular weight excluding hydrogens is 292 g/mol. The lowest BCUT2D eigenvalue weighted by Crippen LogP contribution is -2.52. The monoisotopic (exact) mass is 310 g/mol. The Kier molecular flexibility index (Phi) is 3.73. The number of benzene rings is 2. The third-order valence-corrected chi connectivity index (χ3v) is 4.07. The molecule has 23 heavy (non-hydrogen) atoms. The highest BCUT2D eigenvalue weighted by Crippen LogP contribution is 2.27. The third kappa shape index (κ3) is 2.93. The zero-order chi connectivity index (χ0) is 15.6. The fourth-order valence-corrected chi connectivity index (χ4v) is 2.68. The summed E-state index contributed by atoms with van der Waals surface area (Å²) >= 11 is 0. The molecule has 0 radical (unpaired) electrons. The van der Waals surface area contributed by atoms with Gasteiger partial charge < -0.3 is 19.2 Å². The van der Waals surface area contributed by atoms with Crippen LogP contribution in [0.15, 0.2) is 52.9 Å². The molecule has 0 aliphatic carbocycles. The Hall–Kier alpha value is -2.37. The predicted molar refractivity (Wildman–Crippen MR) is 87.2 cm³/mol. The van der Waals surface area contributed by atoms with Crippen LogP contribution in [-0.2, 0) is 18.0 Å². The number of aliphatic hydroxyl groups excluding tert-OH is 1. The molecule has 118 valence electrons. The average molecular weight is 310 g/mol. The molecule has 0 saturated carbocycles. The number of ether oxygens (including phenoxy) is 1. The van der Waals surface area contributed by atoms with Crippen molar-refractivity contribution >= 4 is 17.1 Å². The minimum absolute atomic E-state index is 0.00505. The first-order valence-electron chi connectivity index (χ1n) is 7.72. The van der Waals surface area contributed by atoms with E-state index in [0.29, 0.717) is 18.2 Å². The zero-order valence-electron chi connectivity index (χ0n) is 12.7. The van der Waals surface area contributed by atoms with Gasteiger partial charge in [0, 0.05) is 0 Å². The first-order chi connectivity index (χ1) is 11.3. The standard InChI is InChI=1S/C18H18N2O3/c21-11-14-6-7-16-17(8-14)23-18(19-16)20-9-15(10-20)22-12-13-4-2-1-3-5-13/h1-8,15,21H,9-12H2. The van der Waals surface area contributed by atoms with Crippen molar-refractivity contribution in [3.05, 3.63) is 59.7 Å². The fraction of sp³-hybridized carbons (Fsp3) is 0.278. The minimum atomic E-state index is 0.00505. The number of hydrogen-bond acceptors (Lipinski definition) is 5. The van der Waals surface area contributed by atoms with Gasteiger partial charge in [0.2, 0.25) is 0 Å². The summed E-state index contributed by atoms with van der Waals surface area (Å²) in [4.78, 5) is 6.55. The number of anilines is 1. The molecule has 1 aliphatic heterocycles. The van der Waals surface area contributed by atoms with Crippen LogP contribution in [0.5, 0.6) is 0 Å². The molecule has 2 aromatic carbocycles. The Labute approximate surface area is 134 Å². The Balaban J connectivity index is 1.36. The number of rotatable bonds is 5. The number of fused-ring (bicyclic) bond motifs is 1. The van der Waals surface area contributed by atoms with Crippen molar-refractivity contribution in [1.82, 2.24) is 4.98 Å². The van der Waals surface area contributed by atoms with Gasteiger partial charge in [-0.3, -0.25) is 0 Å². The van der Waals surface area contributed by atoms with E-state index in [-0.39, 0.29) is 12.7 Å². The van der Waals surface area contributed by atoms with E-state index in [1.165, 1.54) is 5.56 Å². The van der Waals surface area contributed by atoms with E-state index in [9.17, 15) is 0 Å². The molecule has 1 N–H and O–H groups in total. The van der Waals surface area contributed by atoms with Crippen LogP contribution >= 0.6 is 0 Å². The number of aliphatic hydroxyl groups is 1. The summed E-state index contributed by atoms with van der Waals surface area (Å²) in [6.45, 7) is 2.21. The van der Waals surface area contributed by atoms with Crippen molar-refractivity contribution in [2.75, 3.05) is 18.0 Å². The minimum Gasteiger partial charge on any atom is -0.423 e. The van der Waals surface area contributed by atoms with E-state index in [2.05, 4.69) is 22.0 Å². The first-order valence-corrected chi connectivity index (χ1v) is 7.72. The van der Waals surface area contributed by atoms with Crippen molar-refractivity contribution in [2.24, 2.45) is 0 Å².